The first-order valence-corrected chi connectivity index (χ1v) is 7.82. The molecule has 0 aromatic heterocycles. The summed E-state index contributed by atoms with van der Waals surface area (Å²) in [6.45, 7) is 5.91. The standard InChI is InChI=1S/C17H19BrFNO/c1-3-8-20-11-13-5-4-12(2)17(9-13)21-14-6-7-15(18)16(19)10-14/h4-7,9-10,20H,3,8,11H2,1-2H3. The molecule has 0 fully saturated rings. The van der Waals surface area contributed by atoms with Crippen molar-refractivity contribution < 1.29 is 9.13 Å². The highest BCUT2D eigenvalue weighted by Crippen LogP contribution is 2.28. The summed E-state index contributed by atoms with van der Waals surface area (Å²) in [4.78, 5) is 0. The molecule has 0 spiro atoms. The van der Waals surface area contributed by atoms with Crippen molar-refractivity contribution in [2.75, 3.05) is 6.54 Å². The zero-order chi connectivity index (χ0) is 15.2. The maximum Gasteiger partial charge on any atom is 0.141 e. The summed E-state index contributed by atoms with van der Waals surface area (Å²) in [6, 6.07) is 10.9. The van der Waals surface area contributed by atoms with Crippen LogP contribution in [-0.2, 0) is 6.54 Å². The van der Waals surface area contributed by atoms with Crippen molar-refractivity contribution in [3.05, 3.63) is 57.8 Å². The van der Waals surface area contributed by atoms with Gasteiger partial charge in [0.15, 0.2) is 0 Å². The van der Waals surface area contributed by atoms with Gasteiger partial charge in [0.05, 0.1) is 4.47 Å². The van der Waals surface area contributed by atoms with Crippen LogP contribution in [0.4, 0.5) is 4.39 Å². The molecule has 2 nitrogen and oxygen atoms in total. The molecule has 0 saturated carbocycles. The Balaban J connectivity index is 2.14. The van der Waals surface area contributed by atoms with E-state index in [2.05, 4.69) is 34.2 Å². The van der Waals surface area contributed by atoms with Crippen molar-refractivity contribution in [1.82, 2.24) is 5.32 Å². The molecular weight excluding hydrogens is 333 g/mol. The molecule has 112 valence electrons. The lowest BCUT2D eigenvalue weighted by molar-refractivity contribution is 0.471. The maximum atomic E-state index is 13.5. The lowest BCUT2D eigenvalue weighted by Crippen LogP contribution is -2.13. The lowest BCUT2D eigenvalue weighted by atomic mass is 10.1. The summed E-state index contributed by atoms with van der Waals surface area (Å²) in [5.41, 5.74) is 2.18. The van der Waals surface area contributed by atoms with Crippen molar-refractivity contribution in [3.63, 3.8) is 0 Å². The van der Waals surface area contributed by atoms with Crippen molar-refractivity contribution >= 4 is 15.9 Å². The average Bonchev–Trinajstić information content (AvgIpc) is 2.46. The Morgan fingerprint density at radius 1 is 1.19 bits per heavy atom. The van der Waals surface area contributed by atoms with Gasteiger partial charge in [-0.2, -0.15) is 0 Å². The van der Waals surface area contributed by atoms with E-state index in [1.54, 1.807) is 12.1 Å². The fraction of sp³-hybridized carbons (Fsp3) is 0.294. The van der Waals surface area contributed by atoms with E-state index in [1.807, 2.05) is 19.1 Å². The number of halogens is 2. The minimum Gasteiger partial charge on any atom is -0.457 e. The van der Waals surface area contributed by atoms with Gasteiger partial charge in [0, 0.05) is 12.6 Å². The molecular formula is C17H19BrFNO. The third kappa shape index (κ3) is 4.55. The molecule has 0 aliphatic carbocycles. The lowest BCUT2D eigenvalue weighted by Gasteiger charge is -2.11. The second-order valence-electron chi connectivity index (χ2n) is 4.95. The van der Waals surface area contributed by atoms with E-state index in [4.69, 9.17) is 4.74 Å². The van der Waals surface area contributed by atoms with Crippen molar-refractivity contribution in [2.24, 2.45) is 0 Å². The average molecular weight is 352 g/mol. The van der Waals surface area contributed by atoms with Crippen LogP contribution >= 0.6 is 15.9 Å². The molecule has 21 heavy (non-hydrogen) atoms. The third-order valence-corrected chi connectivity index (χ3v) is 3.77. The number of hydrogen-bond acceptors (Lipinski definition) is 2. The largest absolute Gasteiger partial charge is 0.457 e. The highest BCUT2D eigenvalue weighted by atomic mass is 79.9. The fourth-order valence-corrected chi connectivity index (χ4v) is 2.19. The molecule has 0 amide bonds. The molecule has 0 saturated heterocycles. The van der Waals surface area contributed by atoms with E-state index in [0.717, 1.165) is 36.4 Å². The van der Waals surface area contributed by atoms with Gasteiger partial charge in [-0.3, -0.25) is 0 Å². The Bertz CT molecular complexity index is 616. The van der Waals surface area contributed by atoms with Crippen LogP contribution in [0.5, 0.6) is 11.5 Å². The molecule has 2 aromatic carbocycles. The van der Waals surface area contributed by atoms with Crippen LogP contribution in [0.1, 0.15) is 24.5 Å². The summed E-state index contributed by atoms with van der Waals surface area (Å²) < 4.78 is 19.8. The number of nitrogens with one attached hydrogen (secondary N) is 1. The van der Waals surface area contributed by atoms with Crippen molar-refractivity contribution in [2.45, 2.75) is 26.8 Å². The predicted octanol–water partition coefficient (Wildman–Crippen LogP) is 5.19. The predicted molar refractivity (Wildman–Crippen MR) is 87.4 cm³/mol. The second-order valence-corrected chi connectivity index (χ2v) is 5.81. The molecule has 0 unspecified atom stereocenters. The fourth-order valence-electron chi connectivity index (χ4n) is 1.94. The van der Waals surface area contributed by atoms with Gasteiger partial charge in [0.25, 0.3) is 0 Å². The Morgan fingerprint density at radius 2 is 2.00 bits per heavy atom. The zero-order valence-electron chi connectivity index (χ0n) is 12.2. The SMILES string of the molecule is CCCNCc1ccc(C)c(Oc2ccc(Br)c(F)c2)c1. The van der Waals surface area contributed by atoms with Crippen molar-refractivity contribution in [3.8, 4) is 11.5 Å². The van der Waals surface area contributed by atoms with Crippen LogP contribution < -0.4 is 10.1 Å². The number of benzene rings is 2. The van der Waals surface area contributed by atoms with Gasteiger partial charge in [-0.25, -0.2) is 4.39 Å². The summed E-state index contributed by atoms with van der Waals surface area (Å²) >= 11 is 3.14. The van der Waals surface area contributed by atoms with Gasteiger partial charge >= 0.3 is 0 Å². The van der Waals surface area contributed by atoms with Gasteiger partial charge in [-0.05, 0) is 65.1 Å². The first-order chi connectivity index (χ1) is 10.1. The van der Waals surface area contributed by atoms with Crippen LogP contribution in [0.15, 0.2) is 40.9 Å². The molecule has 0 atom stereocenters. The molecule has 0 aliphatic heterocycles. The van der Waals surface area contributed by atoms with E-state index in [1.165, 1.54) is 6.07 Å². The minimum absolute atomic E-state index is 0.328. The van der Waals surface area contributed by atoms with Gasteiger partial charge in [-0.1, -0.05) is 19.1 Å². The smallest absolute Gasteiger partial charge is 0.141 e. The number of aryl methyl sites for hydroxylation is 1. The third-order valence-electron chi connectivity index (χ3n) is 3.13. The highest BCUT2D eigenvalue weighted by Gasteiger charge is 2.06. The van der Waals surface area contributed by atoms with Crippen LogP contribution in [-0.4, -0.2) is 6.54 Å². The monoisotopic (exact) mass is 351 g/mol. The van der Waals surface area contributed by atoms with Crippen LogP contribution in [0.3, 0.4) is 0 Å². The first kappa shape index (κ1) is 16.0. The molecule has 2 rings (SSSR count). The van der Waals surface area contributed by atoms with Crippen LogP contribution in [0.25, 0.3) is 0 Å². The Hall–Kier alpha value is -1.39. The van der Waals surface area contributed by atoms with E-state index < -0.39 is 0 Å². The quantitative estimate of drug-likeness (QED) is 0.723. The van der Waals surface area contributed by atoms with E-state index in [-0.39, 0.29) is 5.82 Å². The molecule has 0 bridgehead atoms. The van der Waals surface area contributed by atoms with Gasteiger partial charge in [-0.15, -0.1) is 0 Å². The summed E-state index contributed by atoms with van der Waals surface area (Å²) in [5, 5.41) is 3.36. The summed E-state index contributed by atoms with van der Waals surface area (Å²) in [6.07, 6.45) is 1.10. The van der Waals surface area contributed by atoms with E-state index >= 15 is 0 Å². The Labute approximate surface area is 133 Å². The first-order valence-electron chi connectivity index (χ1n) is 7.03. The van der Waals surface area contributed by atoms with Gasteiger partial charge in [0.1, 0.15) is 17.3 Å². The maximum absolute atomic E-state index is 13.5. The normalized spacial score (nSPS) is 10.7. The number of hydrogen-bond donors (Lipinski definition) is 1. The summed E-state index contributed by atoms with van der Waals surface area (Å²) in [5.74, 6) is 0.927. The van der Waals surface area contributed by atoms with E-state index in [0.29, 0.717) is 10.2 Å². The second kappa shape index (κ2) is 7.57. The number of rotatable bonds is 6. The summed E-state index contributed by atoms with van der Waals surface area (Å²) in [7, 11) is 0. The van der Waals surface area contributed by atoms with Crippen LogP contribution in [0.2, 0.25) is 0 Å². The number of ether oxygens (including phenoxy) is 1. The molecule has 1 N–H and O–H groups in total. The molecule has 0 heterocycles. The molecule has 0 aliphatic rings. The van der Waals surface area contributed by atoms with E-state index in [9.17, 15) is 4.39 Å². The molecule has 2 aromatic rings. The molecule has 4 heteroatoms. The van der Waals surface area contributed by atoms with Crippen molar-refractivity contribution in [1.29, 1.82) is 0 Å². The zero-order valence-corrected chi connectivity index (χ0v) is 13.8. The van der Waals surface area contributed by atoms with Gasteiger partial charge in [0.2, 0.25) is 0 Å². The van der Waals surface area contributed by atoms with Crippen LogP contribution in [0, 0.1) is 12.7 Å². The topological polar surface area (TPSA) is 21.3 Å². The Kier molecular flexibility index (Phi) is 5.76. The minimum atomic E-state index is -0.328. The Morgan fingerprint density at radius 3 is 2.71 bits per heavy atom. The van der Waals surface area contributed by atoms with Gasteiger partial charge < -0.3 is 10.1 Å². The molecule has 0 radical (unpaired) electrons. The highest BCUT2D eigenvalue weighted by molar-refractivity contribution is 9.10.